The van der Waals surface area contributed by atoms with Crippen molar-refractivity contribution in [2.75, 3.05) is 11.9 Å². The zero-order valence-corrected chi connectivity index (χ0v) is 22.3. The Morgan fingerprint density at radius 1 is 1.18 bits per heavy atom. The Hall–Kier alpha value is -4.13. The van der Waals surface area contributed by atoms with Crippen LogP contribution < -0.4 is 10.5 Å². The summed E-state index contributed by atoms with van der Waals surface area (Å²) in [6.07, 6.45) is 12.8. The van der Waals surface area contributed by atoms with E-state index < -0.39 is 5.82 Å². The molecule has 0 amide bonds. The van der Waals surface area contributed by atoms with E-state index in [1.165, 1.54) is 24.7 Å². The highest BCUT2D eigenvalue weighted by molar-refractivity contribution is 7.92. The molecular weight excluding hydrogens is 531 g/mol. The molecule has 1 aliphatic carbocycles. The standard InChI is InChI=1S/C28H27FN8O2S/c29-20-4-6-25-22(11-20)24(15-36(25)14-19-3-7-26(32-12-19)37-9-1-8-34-37)27(38)23-13-31-17-33-28(23)35-21-5-2-18(10-21)16-39-40-30/h1,3-4,6-9,11-13,15,17-18,21H,2,5,10,14,16,30H2,(H,31,33,35)/t18?,21-/m0/s1. The molecule has 1 aliphatic rings. The molecule has 0 bridgehead atoms. The Balaban J connectivity index is 1.27. The lowest BCUT2D eigenvalue weighted by Gasteiger charge is -2.16. The van der Waals surface area contributed by atoms with Gasteiger partial charge >= 0.3 is 0 Å². The van der Waals surface area contributed by atoms with Crippen molar-refractivity contribution in [1.82, 2.24) is 29.3 Å². The van der Waals surface area contributed by atoms with Crippen LogP contribution in [0.4, 0.5) is 10.2 Å². The SMILES string of the molecule is NSOCC1CC[C@H](Nc2ncncc2C(=O)c2cn(Cc3ccc(-n4cccn4)nc3)c3ccc(F)cc23)C1. The zero-order valence-electron chi connectivity index (χ0n) is 21.5. The maximum Gasteiger partial charge on any atom is 0.200 e. The minimum absolute atomic E-state index is 0.147. The van der Waals surface area contributed by atoms with Crippen molar-refractivity contribution in [2.24, 2.45) is 11.1 Å². The fourth-order valence-electron chi connectivity index (χ4n) is 5.27. The Kier molecular flexibility index (Phi) is 7.53. The van der Waals surface area contributed by atoms with Crippen LogP contribution in [-0.4, -0.2) is 47.7 Å². The first-order chi connectivity index (χ1) is 19.6. The lowest BCUT2D eigenvalue weighted by Crippen LogP contribution is -2.20. The molecule has 0 aliphatic heterocycles. The van der Waals surface area contributed by atoms with Crippen LogP contribution in [0.5, 0.6) is 0 Å². The van der Waals surface area contributed by atoms with E-state index in [9.17, 15) is 9.18 Å². The number of fused-ring (bicyclic) bond motifs is 1. The van der Waals surface area contributed by atoms with Crippen molar-refractivity contribution in [2.45, 2.75) is 31.8 Å². The largest absolute Gasteiger partial charge is 0.367 e. The summed E-state index contributed by atoms with van der Waals surface area (Å²) in [7, 11) is 0. The summed E-state index contributed by atoms with van der Waals surface area (Å²) in [5.41, 5.74) is 2.39. The topological polar surface area (TPSA) is 126 Å². The predicted octanol–water partition coefficient (Wildman–Crippen LogP) is 4.55. The number of benzene rings is 1. The van der Waals surface area contributed by atoms with E-state index in [0.29, 0.717) is 47.2 Å². The molecule has 40 heavy (non-hydrogen) atoms. The molecule has 0 radical (unpaired) electrons. The van der Waals surface area contributed by atoms with E-state index in [2.05, 4.69) is 25.4 Å². The number of aromatic nitrogens is 6. The monoisotopic (exact) mass is 558 g/mol. The molecule has 12 heteroatoms. The summed E-state index contributed by atoms with van der Waals surface area (Å²) in [5, 5.41) is 13.5. The molecule has 0 saturated heterocycles. The number of nitrogens with two attached hydrogens (primary N) is 1. The molecule has 5 aromatic rings. The minimum Gasteiger partial charge on any atom is -0.367 e. The van der Waals surface area contributed by atoms with Crippen molar-refractivity contribution < 1.29 is 13.4 Å². The molecule has 2 atom stereocenters. The van der Waals surface area contributed by atoms with Crippen LogP contribution in [0.25, 0.3) is 16.7 Å². The Morgan fingerprint density at radius 3 is 2.90 bits per heavy atom. The Bertz CT molecular complexity index is 1620. The van der Waals surface area contributed by atoms with Gasteiger partial charge in [-0.25, -0.2) is 24.0 Å². The molecular formula is C28H27FN8O2S. The van der Waals surface area contributed by atoms with Crippen LogP contribution in [0, 0.1) is 11.7 Å². The number of hydrogen-bond acceptors (Lipinski definition) is 9. The van der Waals surface area contributed by atoms with Gasteiger partial charge in [0.1, 0.15) is 18.0 Å². The second-order valence-corrected chi connectivity index (χ2v) is 10.3. The number of nitrogens with one attached hydrogen (secondary N) is 1. The zero-order chi connectivity index (χ0) is 27.5. The normalized spacial score (nSPS) is 16.9. The van der Waals surface area contributed by atoms with E-state index in [4.69, 9.17) is 9.32 Å². The van der Waals surface area contributed by atoms with Gasteiger partial charge in [0.2, 0.25) is 0 Å². The summed E-state index contributed by atoms with van der Waals surface area (Å²) in [5.74, 6) is 0.866. The number of anilines is 1. The summed E-state index contributed by atoms with van der Waals surface area (Å²) in [6, 6.07) is 10.3. The van der Waals surface area contributed by atoms with Crippen LogP contribution >= 0.6 is 12.2 Å². The Labute approximate surface area is 234 Å². The van der Waals surface area contributed by atoms with Gasteiger partial charge in [0.05, 0.1) is 24.4 Å². The van der Waals surface area contributed by atoms with Gasteiger partial charge in [-0.15, -0.1) is 0 Å². The highest BCUT2D eigenvalue weighted by Crippen LogP contribution is 2.31. The van der Waals surface area contributed by atoms with E-state index in [1.807, 2.05) is 29.0 Å². The quantitative estimate of drug-likeness (QED) is 0.144. The molecule has 3 N–H and O–H groups in total. The van der Waals surface area contributed by atoms with Gasteiger partial charge in [0.25, 0.3) is 0 Å². The molecule has 6 rings (SSSR count). The fourth-order valence-corrected chi connectivity index (χ4v) is 5.54. The first-order valence-corrected chi connectivity index (χ1v) is 13.7. The number of carbonyl (C=O) groups is 1. The van der Waals surface area contributed by atoms with Crippen molar-refractivity contribution in [3.8, 4) is 5.82 Å². The third kappa shape index (κ3) is 5.46. The second kappa shape index (κ2) is 11.5. The third-order valence-corrected chi connectivity index (χ3v) is 7.47. The van der Waals surface area contributed by atoms with Gasteiger partial charge in [0.15, 0.2) is 11.6 Å². The fraction of sp³-hybridized carbons (Fsp3) is 0.250. The lowest BCUT2D eigenvalue weighted by atomic mass is 10.0. The van der Waals surface area contributed by atoms with E-state index in [-0.39, 0.29) is 11.8 Å². The summed E-state index contributed by atoms with van der Waals surface area (Å²) >= 11 is 0.880. The Morgan fingerprint density at radius 2 is 2.10 bits per heavy atom. The first-order valence-electron chi connectivity index (χ1n) is 12.9. The van der Waals surface area contributed by atoms with Gasteiger partial charge < -0.3 is 14.1 Å². The first kappa shape index (κ1) is 26.1. The van der Waals surface area contributed by atoms with Crippen molar-refractivity contribution in [1.29, 1.82) is 0 Å². The number of pyridine rings is 1. The van der Waals surface area contributed by atoms with E-state index in [0.717, 1.165) is 42.6 Å². The average Bonchev–Trinajstić information content (AvgIpc) is 3.74. The van der Waals surface area contributed by atoms with Crippen LogP contribution in [0.3, 0.4) is 0 Å². The van der Waals surface area contributed by atoms with Crippen LogP contribution in [0.2, 0.25) is 0 Å². The number of hydrogen-bond donors (Lipinski definition) is 2. The number of halogens is 1. The van der Waals surface area contributed by atoms with Gasteiger partial charge in [-0.2, -0.15) is 5.10 Å². The number of nitrogens with zero attached hydrogens (tertiary/aromatic N) is 6. The van der Waals surface area contributed by atoms with E-state index in [1.54, 1.807) is 29.3 Å². The summed E-state index contributed by atoms with van der Waals surface area (Å²) in [4.78, 5) is 26.9. The number of rotatable bonds is 10. The van der Waals surface area contributed by atoms with Crippen LogP contribution in [0.1, 0.15) is 40.7 Å². The molecule has 1 saturated carbocycles. The van der Waals surface area contributed by atoms with Gasteiger partial charge in [-0.05, 0) is 61.1 Å². The highest BCUT2D eigenvalue weighted by Gasteiger charge is 2.27. The molecule has 10 nitrogen and oxygen atoms in total. The van der Waals surface area contributed by atoms with Crippen molar-refractivity contribution >= 4 is 34.7 Å². The lowest BCUT2D eigenvalue weighted by molar-refractivity contribution is 0.104. The maximum absolute atomic E-state index is 14.4. The van der Waals surface area contributed by atoms with E-state index >= 15 is 0 Å². The minimum atomic E-state index is -0.415. The highest BCUT2D eigenvalue weighted by atomic mass is 32.2. The number of carbonyl (C=O) groups excluding carboxylic acids is 1. The molecule has 1 fully saturated rings. The summed E-state index contributed by atoms with van der Waals surface area (Å²) in [6.45, 7) is 1.03. The van der Waals surface area contributed by atoms with Crippen LogP contribution in [0.15, 0.2) is 73.7 Å². The molecule has 1 aromatic carbocycles. The van der Waals surface area contributed by atoms with Gasteiger partial charge in [0, 0.05) is 60.0 Å². The smallest absolute Gasteiger partial charge is 0.200 e. The van der Waals surface area contributed by atoms with Crippen molar-refractivity contribution in [3.05, 3.63) is 96.2 Å². The molecule has 204 valence electrons. The summed E-state index contributed by atoms with van der Waals surface area (Å²) < 4.78 is 23.3. The predicted molar refractivity (Wildman–Crippen MR) is 150 cm³/mol. The average molecular weight is 559 g/mol. The maximum atomic E-state index is 14.4. The van der Waals surface area contributed by atoms with Crippen LogP contribution in [-0.2, 0) is 10.7 Å². The third-order valence-electron chi connectivity index (χ3n) is 7.20. The van der Waals surface area contributed by atoms with Crippen molar-refractivity contribution in [3.63, 3.8) is 0 Å². The molecule has 4 aromatic heterocycles. The number of ketones is 1. The van der Waals surface area contributed by atoms with Gasteiger partial charge in [-0.3, -0.25) is 9.93 Å². The molecule has 4 heterocycles. The van der Waals surface area contributed by atoms with Gasteiger partial charge in [-0.1, -0.05) is 6.07 Å². The molecule has 0 spiro atoms. The molecule has 1 unspecified atom stereocenters. The second-order valence-electron chi connectivity index (χ2n) is 9.82.